The lowest BCUT2D eigenvalue weighted by atomic mass is 10.0. The highest BCUT2D eigenvalue weighted by molar-refractivity contribution is 5.39. The average Bonchev–Trinajstić information content (AvgIpc) is 2.41. The molecular weight excluding hydrogens is 230 g/mol. The van der Waals surface area contributed by atoms with Gasteiger partial charge in [0.25, 0.3) is 0 Å². The highest BCUT2D eigenvalue weighted by atomic mass is 16.5. The van der Waals surface area contributed by atoms with E-state index < -0.39 is 0 Å². The SMILES string of the molecule is COc1cc(C(N)Cc2cccnc2N)ncn1. The zero-order valence-electron chi connectivity index (χ0n) is 10.1. The van der Waals surface area contributed by atoms with Crippen molar-refractivity contribution in [3.63, 3.8) is 0 Å². The number of nitrogens with two attached hydrogens (primary N) is 2. The predicted octanol–water partition coefficient (Wildman–Crippen LogP) is 0.705. The smallest absolute Gasteiger partial charge is 0.216 e. The average molecular weight is 245 g/mol. The third-order valence-corrected chi connectivity index (χ3v) is 2.62. The van der Waals surface area contributed by atoms with Crippen molar-refractivity contribution in [1.29, 1.82) is 0 Å². The Morgan fingerprint density at radius 3 is 2.89 bits per heavy atom. The number of rotatable bonds is 4. The van der Waals surface area contributed by atoms with Crippen LogP contribution in [0.15, 0.2) is 30.7 Å². The van der Waals surface area contributed by atoms with Crippen molar-refractivity contribution in [1.82, 2.24) is 15.0 Å². The van der Waals surface area contributed by atoms with Crippen molar-refractivity contribution in [3.05, 3.63) is 42.0 Å². The van der Waals surface area contributed by atoms with Gasteiger partial charge in [0.05, 0.1) is 18.8 Å². The highest BCUT2D eigenvalue weighted by Gasteiger charge is 2.12. The molecule has 0 saturated carbocycles. The number of hydrogen-bond donors (Lipinski definition) is 2. The zero-order valence-corrected chi connectivity index (χ0v) is 10.1. The quantitative estimate of drug-likeness (QED) is 0.822. The van der Waals surface area contributed by atoms with E-state index in [0.717, 1.165) is 5.56 Å². The fraction of sp³-hybridized carbons (Fsp3) is 0.250. The van der Waals surface area contributed by atoms with E-state index in [9.17, 15) is 0 Å². The molecule has 2 rings (SSSR count). The maximum atomic E-state index is 6.09. The molecule has 94 valence electrons. The van der Waals surface area contributed by atoms with Gasteiger partial charge in [-0.3, -0.25) is 0 Å². The number of hydrogen-bond acceptors (Lipinski definition) is 6. The van der Waals surface area contributed by atoms with Crippen LogP contribution in [-0.2, 0) is 6.42 Å². The number of methoxy groups -OCH3 is 1. The van der Waals surface area contributed by atoms with Crippen molar-refractivity contribution < 1.29 is 4.74 Å². The Morgan fingerprint density at radius 2 is 2.17 bits per heavy atom. The van der Waals surface area contributed by atoms with Gasteiger partial charge >= 0.3 is 0 Å². The summed E-state index contributed by atoms with van der Waals surface area (Å²) < 4.78 is 5.04. The van der Waals surface area contributed by atoms with Crippen LogP contribution in [0.2, 0.25) is 0 Å². The molecule has 0 bridgehead atoms. The molecule has 1 unspecified atom stereocenters. The highest BCUT2D eigenvalue weighted by Crippen LogP contribution is 2.18. The van der Waals surface area contributed by atoms with Crippen molar-refractivity contribution in [2.75, 3.05) is 12.8 Å². The van der Waals surface area contributed by atoms with E-state index >= 15 is 0 Å². The molecule has 2 aromatic rings. The van der Waals surface area contributed by atoms with E-state index in [1.165, 1.54) is 6.33 Å². The summed E-state index contributed by atoms with van der Waals surface area (Å²) >= 11 is 0. The molecule has 4 N–H and O–H groups in total. The van der Waals surface area contributed by atoms with Crippen LogP contribution in [0.4, 0.5) is 5.82 Å². The molecule has 0 aliphatic carbocycles. The van der Waals surface area contributed by atoms with Crippen LogP contribution in [0.1, 0.15) is 17.3 Å². The van der Waals surface area contributed by atoms with Crippen LogP contribution in [-0.4, -0.2) is 22.1 Å². The largest absolute Gasteiger partial charge is 0.481 e. The van der Waals surface area contributed by atoms with Gasteiger partial charge in [-0.1, -0.05) is 6.07 Å². The Balaban J connectivity index is 2.16. The Hall–Kier alpha value is -2.21. The summed E-state index contributed by atoms with van der Waals surface area (Å²) in [6.07, 6.45) is 3.65. The van der Waals surface area contributed by atoms with Gasteiger partial charge in [0.15, 0.2) is 0 Å². The molecule has 0 aliphatic heterocycles. The summed E-state index contributed by atoms with van der Waals surface area (Å²) in [6, 6.07) is 5.19. The minimum atomic E-state index is -0.270. The van der Waals surface area contributed by atoms with E-state index in [2.05, 4.69) is 15.0 Å². The van der Waals surface area contributed by atoms with Gasteiger partial charge < -0.3 is 16.2 Å². The lowest BCUT2D eigenvalue weighted by Crippen LogP contribution is -2.16. The lowest BCUT2D eigenvalue weighted by Gasteiger charge is -2.12. The Morgan fingerprint density at radius 1 is 1.33 bits per heavy atom. The standard InChI is InChI=1S/C12H15N5O/c1-18-11-6-10(16-7-17-11)9(13)5-8-3-2-4-15-12(8)14/h2-4,6-7,9H,5,13H2,1H3,(H2,14,15). The van der Waals surface area contributed by atoms with Gasteiger partial charge in [0.1, 0.15) is 12.1 Å². The summed E-state index contributed by atoms with van der Waals surface area (Å²) in [7, 11) is 1.55. The maximum absolute atomic E-state index is 6.09. The zero-order chi connectivity index (χ0) is 13.0. The molecular formula is C12H15N5O. The van der Waals surface area contributed by atoms with Crippen LogP contribution in [0, 0.1) is 0 Å². The third-order valence-electron chi connectivity index (χ3n) is 2.62. The number of ether oxygens (including phenoxy) is 1. The van der Waals surface area contributed by atoms with Crippen molar-refractivity contribution >= 4 is 5.82 Å². The molecule has 0 amide bonds. The first-order chi connectivity index (χ1) is 8.70. The van der Waals surface area contributed by atoms with Gasteiger partial charge in [0, 0.05) is 12.3 Å². The maximum Gasteiger partial charge on any atom is 0.216 e. The second-order valence-corrected chi connectivity index (χ2v) is 3.84. The molecule has 6 heteroatoms. The van der Waals surface area contributed by atoms with Crippen LogP contribution in [0.3, 0.4) is 0 Å². The minimum absolute atomic E-state index is 0.270. The monoisotopic (exact) mass is 245 g/mol. The van der Waals surface area contributed by atoms with Crippen molar-refractivity contribution in [3.8, 4) is 5.88 Å². The lowest BCUT2D eigenvalue weighted by molar-refractivity contribution is 0.395. The van der Waals surface area contributed by atoms with Crippen LogP contribution in [0.5, 0.6) is 5.88 Å². The van der Waals surface area contributed by atoms with E-state index in [0.29, 0.717) is 23.8 Å². The number of nitrogen functional groups attached to an aromatic ring is 1. The molecule has 2 heterocycles. The van der Waals surface area contributed by atoms with Gasteiger partial charge in [-0.2, -0.15) is 0 Å². The Labute approximate surface area is 105 Å². The molecule has 0 saturated heterocycles. The molecule has 0 aromatic carbocycles. The fourth-order valence-electron chi connectivity index (χ4n) is 1.63. The van der Waals surface area contributed by atoms with E-state index in [1.807, 2.05) is 12.1 Å². The molecule has 6 nitrogen and oxygen atoms in total. The molecule has 0 fully saturated rings. The van der Waals surface area contributed by atoms with Gasteiger partial charge in [-0.05, 0) is 18.1 Å². The topological polar surface area (TPSA) is 99.9 Å². The van der Waals surface area contributed by atoms with Gasteiger partial charge in [-0.25, -0.2) is 15.0 Å². The van der Waals surface area contributed by atoms with Crippen LogP contribution < -0.4 is 16.2 Å². The van der Waals surface area contributed by atoms with E-state index in [1.54, 1.807) is 19.4 Å². The molecule has 2 aromatic heterocycles. The molecule has 0 spiro atoms. The second-order valence-electron chi connectivity index (χ2n) is 3.84. The number of aromatic nitrogens is 3. The third kappa shape index (κ3) is 2.72. The molecule has 0 radical (unpaired) electrons. The number of anilines is 1. The first kappa shape index (κ1) is 12.3. The second kappa shape index (κ2) is 5.42. The van der Waals surface area contributed by atoms with E-state index in [4.69, 9.17) is 16.2 Å². The Kier molecular flexibility index (Phi) is 3.69. The van der Waals surface area contributed by atoms with E-state index in [-0.39, 0.29) is 6.04 Å². The first-order valence-corrected chi connectivity index (χ1v) is 5.51. The summed E-state index contributed by atoms with van der Waals surface area (Å²) in [4.78, 5) is 12.1. The predicted molar refractivity (Wildman–Crippen MR) is 67.9 cm³/mol. The molecule has 0 aliphatic rings. The number of nitrogens with zero attached hydrogens (tertiary/aromatic N) is 3. The normalized spacial score (nSPS) is 12.1. The fourth-order valence-corrected chi connectivity index (χ4v) is 1.63. The first-order valence-electron chi connectivity index (χ1n) is 5.51. The number of pyridine rings is 1. The minimum Gasteiger partial charge on any atom is -0.481 e. The van der Waals surface area contributed by atoms with Crippen molar-refractivity contribution in [2.45, 2.75) is 12.5 Å². The summed E-state index contributed by atoms with van der Waals surface area (Å²) in [5.74, 6) is 0.989. The van der Waals surface area contributed by atoms with Crippen LogP contribution in [0.25, 0.3) is 0 Å². The summed E-state index contributed by atoms with van der Waals surface area (Å²) in [5.41, 5.74) is 13.5. The Bertz CT molecular complexity index is 531. The van der Waals surface area contributed by atoms with Crippen LogP contribution >= 0.6 is 0 Å². The van der Waals surface area contributed by atoms with Gasteiger partial charge in [0.2, 0.25) is 5.88 Å². The molecule has 18 heavy (non-hydrogen) atoms. The summed E-state index contributed by atoms with van der Waals surface area (Å²) in [5, 5.41) is 0. The molecule has 1 atom stereocenters. The van der Waals surface area contributed by atoms with Crippen molar-refractivity contribution in [2.24, 2.45) is 5.73 Å². The van der Waals surface area contributed by atoms with Gasteiger partial charge in [-0.15, -0.1) is 0 Å². The summed E-state index contributed by atoms with van der Waals surface area (Å²) in [6.45, 7) is 0.